The van der Waals surface area contributed by atoms with Gasteiger partial charge in [-0.1, -0.05) is 16.8 Å². The summed E-state index contributed by atoms with van der Waals surface area (Å²) in [6, 6.07) is 6.08. The van der Waals surface area contributed by atoms with Crippen molar-refractivity contribution in [3.05, 3.63) is 35.1 Å². The second-order valence-electron chi connectivity index (χ2n) is 4.48. The number of nitrogens with two attached hydrogens (primary N) is 1. The van der Waals surface area contributed by atoms with Gasteiger partial charge in [0.2, 0.25) is 5.91 Å². The van der Waals surface area contributed by atoms with Crippen molar-refractivity contribution in [2.24, 2.45) is 5.73 Å². The quantitative estimate of drug-likeness (QED) is 0.898. The van der Waals surface area contributed by atoms with E-state index in [1.165, 1.54) is 0 Å². The van der Waals surface area contributed by atoms with Crippen molar-refractivity contribution in [1.29, 1.82) is 0 Å². The Morgan fingerprint density at radius 1 is 1.35 bits per heavy atom. The van der Waals surface area contributed by atoms with Crippen LogP contribution in [0.5, 0.6) is 0 Å². The SMILES string of the molecule is CC(NC(=O)[C@@H](C)N)c1noc(-c2ccc(Cl)cc2)n1. The summed E-state index contributed by atoms with van der Waals surface area (Å²) in [5.41, 5.74) is 6.25. The molecule has 2 rings (SSSR count). The molecule has 1 amide bonds. The molecule has 0 spiro atoms. The van der Waals surface area contributed by atoms with Crippen LogP contribution in [0.15, 0.2) is 28.8 Å². The number of carbonyl (C=O) groups excluding carboxylic acids is 1. The summed E-state index contributed by atoms with van der Waals surface area (Å²) >= 11 is 5.82. The minimum atomic E-state index is -0.583. The van der Waals surface area contributed by atoms with Gasteiger partial charge in [0.1, 0.15) is 0 Å². The van der Waals surface area contributed by atoms with Crippen LogP contribution in [0.25, 0.3) is 11.5 Å². The highest BCUT2D eigenvalue weighted by atomic mass is 35.5. The zero-order valence-electron chi connectivity index (χ0n) is 11.1. The lowest BCUT2D eigenvalue weighted by molar-refractivity contribution is -0.122. The lowest BCUT2D eigenvalue weighted by Gasteiger charge is -2.11. The number of rotatable bonds is 4. The summed E-state index contributed by atoms with van der Waals surface area (Å²) in [6.45, 7) is 3.37. The second kappa shape index (κ2) is 6.02. The van der Waals surface area contributed by atoms with E-state index >= 15 is 0 Å². The minimum Gasteiger partial charge on any atom is -0.345 e. The Hall–Kier alpha value is -1.92. The van der Waals surface area contributed by atoms with Crippen LogP contribution in [-0.4, -0.2) is 22.1 Å². The lowest BCUT2D eigenvalue weighted by Crippen LogP contribution is -2.39. The van der Waals surface area contributed by atoms with Crippen LogP contribution in [0.2, 0.25) is 5.02 Å². The fourth-order valence-corrected chi connectivity index (χ4v) is 1.66. The van der Waals surface area contributed by atoms with Gasteiger partial charge in [0.05, 0.1) is 12.1 Å². The molecule has 2 atom stereocenters. The molecule has 0 aliphatic carbocycles. The molecule has 2 aromatic rings. The van der Waals surface area contributed by atoms with E-state index in [9.17, 15) is 4.79 Å². The Bertz CT molecular complexity index is 595. The largest absolute Gasteiger partial charge is 0.345 e. The number of hydrogen-bond donors (Lipinski definition) is 2. The van der Waals surface area contributed by atoms with Crippen LogP contribution in [0, 0.1) is 0 Å². The highest BCUT2D eigenvalue weighted by Crippen LogP contribution is 2.21. The molecule has 0 radical (unpaired) electrons. The molecule has 0 saturated heterocycles. The van der Waals surface area contributed by atoms with Crippen molar-refractivity contribution in [2.45, 2.75) is 25.9 Å². The fourth-order valence-electron chi connectivity index (χ4n) is 1.53. The summed E-state index contributed by atoms with van der Waals surface area (Å²) in [7, 11) is 0. The van der Waals surface area contributed by atoms with Gasteiger partial charge in [0, 0.05) is 10.6 Å². The van der Waals surface area contributed by atoms with E-state index in [1.807, 2.05) is 0 Å². The van der Waals surface area contributed by atoms with E-state index in [2.05, 4.69) is 15.5 Å². The summed E-state index contributed by atoms with van der Waals surface area (Å²) in [5, 5.41) is 7.18. The number of amides is 1. The molecule has 7 heteroatoms. The third-order valence-electron chi connectivity index (χ3n) is 2.69. The predicted molar refractivity (Wildman–Crippen MR) is 75.0 cm³/mol. The van der Waals surface area contributed by atoms with Crippen LogP contribution in [0.3, 0.4) is 0 Å². The van der Waals surface area contributed by atoms with E-state index in [0.717, 1.165) is 5.56 Å². The minimum absolute atomic E-state index is 0.268. The van der Waals surface area contributed by atoms with Gasteiger partial charge in [0.25, 0.3) is 5.89 Å². The average Bonchev–Trinajstić information content (AvgIpc) is 2.89. The molecule has 3 N–H and O–H groups in total. The molecule has 1 unspecified atom stereocenters. The number of nitrogens with one attached hydrogen (secondary N) is 1. The monoisotopic (exact) mass is 294 g/mol. The third kappa shape index (κ3) is 3.34. The van der Waals surface area contributed by atoms with Crippen molar-refractivity contribution >= 4 is 17.5 Å². The van der Waals surface area contributed by atoms with Gasteiger partial charge in [-0.2, -0.15) is 4.98 Å². The maximum Gasteiger partial charge on any atom is 0.257 e. The molecule has 0 bridgehead atoms. The Kier molecular flexibility index (Phi) is 4.36. The van der Waals surface area contributed by atoms with Gasteiger partial charge < -0.3 is 15.6 Å². The Balaban J connectivity index is 2.12. The van der Waals surface area contributed by atoms with Gasteiger partial charge >= 0.3 is 0 Å². The second-order valence-corrected chi connectivity index (χ2v) is 4.92. The first-order valence-electron chi connectivity index (χ1n) is 6.13. The highest BCUT2D eigenvalue weighted by molar-refractivity contribution is 6.30. The summed E-state index contributed by atoms with van der Waals surface area (Å²) in [4.78, 5) is 15.7. The van der Waals surface area contributed by atoms with Gasteiger partial charge in [-0.25, -0.2) is 0 Å². The van der Waals surface area contributed by atoms with E-state index in [0.29, 0.717) is 16.7 Å². The molecule has 0 saturated carbocycles. The highest BCUT2D eigenvalue weighted by Gasteiger charge is 2.18. The van der Waals surface area contributed by atoms with Crippen LogP contribution in [0.1, 0.15) is 25.7 Å². The van der Waals surface area contributed by atoms with Crippen molar-refractivity contribution in [1.82, 2.24) is 15.5 Å². The molecule has 0 aliphatic rings. The van der Waals surface area contributed by atoms with Gasteiger partial charge in [-0.05, 0) is 38.1 Å². The predicted octanol–water partition coefficient (Wildman–Crippen LogP) is 1.91. The number of aromatic nitrogens is 2. The number of halogens is 1. The van der Waals surface area contributed by atoms with Crippen LogP contribution in [0.4, 0.5) is 0 Å². The number of carbonyl (C=O) groups is 1. The topological polar surface area (TPSA) is 94.0 Å². The first kappa shape index (κ1) is 14.5. The Labute approximate surface area is 121 Å². The van der Waals surface area contributed by atoms with Crippen LogP contribution < -0.4 is 11.1 Å². The number of benzene rings is 1. The first-order valence-corrected chi connectivity index (χ1v) is 6.50. The average molecular weight is 295 g/mol. The molecule has 106 valence electrons. The third-order valence-corrected chi connectivity index (χ3v) is 2.94. The molecular formula is C13H15ClN4O2. The Morgan fingerprint density at radius 3 is 2.60 bits per heavy atom. The lowest BCUT2D eigenvalue weighted by atomic mass is 10.2. The van der Waals surface area contributed by atoms with Crippen molar-refractivity contribution in [3.8, 4) is 11.5 Å². The van der Waals surface area contributed by atoms with E-state index in [-0.39, 0.29) is 11.9 Å². The summed E-state index contributed by atoms with van der Waals surface area (Å²) in [5.74, 6) is 0.498. The maximum absolute atomic E-state index is 11.5. The molecule has 1 heterocycles. The molecule has 1 aromatic carbocycles. The standard InChI is InChI=1S/C13H15ClN4O2/c1-7(15)12(19)16-8(2)11-17-13(20-18-11)9-3-5-10(14)6-4-9/h3-8H,15H2,1-2H3,(H,16,19)/t7-,8?/m1/s1. The normalized spacial score (nSPS) is 13.8. The smallest absolute Gasteiger partial charge is 0.257 e. The van der Waals surface area contributed by atoms with Crippen LogP contribution >= 0.6 is 11.6 Å². The van der Waals surface area contributed by atoms with E-state index in [4.69, 9.17) is 21.9 Å². The van der Waals surface area contributed by atoms with Crippen molar-refractivity contribution in [3.63, 3.8) is 0 Å². The van der Waals surface area contributed by atoms with Gasteiger partial charge in [-0.15, -0.1) is 0 Å². The molecule has 6 nitrogen and oxygen atoms in total. The molecule has 1 aromatic heterocycles. The number of hydrogen-bond acceptors (Lipinski definition) is 5. The van der Waals surface area contributed by atoms with E-state index < -0.39 is 6.04 Å². The van der Waals surface area contributed by atoms with Crippen LogP contribution in [-0.2, 0) is 4.79 Å². The summed E-state index contributed by atoms with van der Waals surface area (Å²) < 4.78 is 5.17. The van der Waals surface area contributed by atoms with E-state index in [1.54, 1.807) is 38.1 Å². The molecular weight excluding hydrogens is 280 g/mol. The van der Waals surface area contributed by atoms with Gasteiger partial charge in [-0.3, -0.25) is 4.79 Å². The van der Waals surface area contributed by atoms with Crippen molar-refractivity contribution < 1.29 is 9.32 Å². The zero-order valence-corrected chi connectivity index (χ0v) is 11.9. The summed E-state index contributed by atoms with van der Waals surface area (Å²) in [6.07, 6.45) is 0. The van der Waals surface area contributed by atoms with Gasteiger partial charge in [0.15, 0.2) is 5.82 Å². The fraction of sp³-hybridized carbons (Fsp3) is 0.308. The number of nitrogens with zero attached hydrogens (tertiary/aromatic N) is 2. The zero-order chi connectivity index (χ0) is 14.7. The molecule has 0 aliphatic heterocycles. The Morgan fingerprint density at radius 2 is 2.00 bits per heavy atom. The van der Waals surface area contributed by atoms with Crippen molar-refractivity contribution in [2.75, 3.05) is 0 Å². The molecule has 20 heavy (non-hydrogen) atoms. The maximum atomic E-state index is 11.5. The first-order chi connectivity index (χ1) is 9.47. The molecule has 0 fully saturated rings.